The predicted molar refractivity (Wildman–Crippen MR) is 43.1 cm³/mol. The maximum Gasteiger partial charge on any atom is 0.220 e. The number of amides is 1. The molecule has 11 heavy (non-hydrogen) atoms. The minimum atomic E-state index is 0.266. The van der Waals surface area contributed by atoms with E-state index >= 15 is 0 Å². The number of rotatable bonds is 1. The van der Waals surface area contributed by atoms with E-state index in [4.69, 9.17) is 0 Å². The van der Waals surface area contributed by atoms with E-state index in [-0.39, 0.29) is 5.91 Å². The lowest BCUT2D eigenvalue weighted by Crippen LogP contribution is -2.16. The molecule has 2 aliphatic rings. The van der Waals surface area contributed by atoms with Crippen LogP contribution in [-0.4, -0.2) is 12.5 Å². The van der Waals surface area contributed by atoms with Crippen molar-refractivity contribution in [1.82, 2.24) is 5.32 Å². The van der Waals surface area contributed by atoms with Gasteiger partial charge in [0.15, 0.2) is 0 Å². The summed E-state index contributed by atoms with van der Waals surface area (Å²) in [6, 6.07) is 0. The number of carbonyl (C=O) groups excluding carboxylic acids is 1. The molecular formula is C9H15NO. The highest BCUT2D eigenvalue weighted by atomic mass is 16.1. The van der Waals surface area contributed by atoms with Crippen LogP contribution in [0.3, 0.4) is 0 Å². The molecular weight excluding hydrogens is 138 g/mol. The molecule has 1 saturated carbocycles. The average Bonchev–Trinajstić information content (AvgIpc) is 2.55. The maximum absolute atomic E-state index is 10.9. The van der Waals surface area contributed by atoms with Crippen molar-refractivity contribution in [2.45, 2.75) is 32.1 Å². The molecule has 2 rings (SSSR count). The van der Waals surface area contributed by atoms with Crippen LogP contribution in [-0.2, 0) is 4.79 Å². The Morgan fingerprint density at radius 2 is 1.91 bits per heavy atom. The first-order valence-electron chi connectivity index (χ1n) is 4.63. The minimum Gasteiger partial charge on any atom is -0.356 e. The summed E-state index contributed by atoms with van der Waals surface area (Å²) < 4.78 is 0. The van der Waals surface area contributed by atoms with Gasteiger partial charge in [-0.1, -0.05) is 25.7 Å². The molecule has 2 nitrogen and oxygen atoms in total. The van der Waals surface area contributed by atoms with Crippen molar-refractivity contribution in [1.29, 1.82) is 0 Å². The number of hydrogen-bond acceptors (Lipinski definition) is 1. The average molecular weight is 153 g/mol. The molecule has 0 aromatic rings. The molecule has 2 heteroatoms. The fraction of sp³-hybridized carbons (Fsp3) is 0.889. The first kappa shape index (κ1) is 7.14. The first-order chi connectivity index (χ1) is 5.36. The Morgan fingerprint density at radius 3 is 2.45 bits per heavy atom. The van der Waals surface area contributed by atoms with Gasteiger partial charge in [0.05, 0.1) is 0 Å². The Morgan fingerprint density at radius 1 is 1.18 bits per heavy atom. The SMILES string of the molecule is O=C1CC(C2CCCC2)CN1. The monoisotopic (exact) mass is 153 g/mol. The van der Waals surface area contributed by atoms with Gasteiger partial charge in [-0.3, -0.25) is 4.79 Å². The third kappa shape index (κ3) is 1.39. The van der Waals surface area contributed by atoms with Gasteiger partial charge >= 0.3 is 0 Å². The van der Waals surface area contributed by atoms with E-state index in [2.05, 4.69) is 5.32 Å². The summed E-state index contributed by atoms with van der Waals surface area (Å²) in [4.78, 5) is 10.9. The molecule has 1 saturated heterocycles. The van der Waals surface area contributed by atoms with Crippen LogP contribution in [0.1, 0.15) is 32.1 Å². The van der Waals surface area contributed by atoms with E-state index in [0.717, 1.165) is 18.9 Å². The second kappa shape index (κ2) is 2.84. The molecule has 1 atom stereocenters. The lowest BCUT2D eigenvalue weighted by molar-refractivity contribution is -0.119. The molecule has 0 radical (unpaired) electrons. The third-order valence-corrected chi connectivity index (χ3v) is 3.08. The highest BCUT2D eigenvalue weighted by Crippen LogP contribution is 2.34. The van der Waals surface area contributed by atoms with Crippen LogP contribution in [0.4, 0.5) is 0 Å². The second-order valence-corrected chi connectivity index (χ2v) is 3.81. The van der Waals surface area contributed by atoms with Crippen LogP contribution in [0.15, 0.2) is 0 Å². The summed E-state index contributed by atoms with van der Waals surface area (Å²) in [5.74, 6) is 1.79. The van der Waals surface area contributed by atoms with Gasteiger partial charge < -0.3 is 5.32 Å². The van der Waals surface area contributed by atoms with Crippen molar-refractivity contribution in [3.05, 3.63) is 0 Å². The number of hydrogen-bond donors (Lipinski definition) is 1. The lowest BCUT2D eigenvalue weighted by Gasteiger charge is -2.14. The van der Waals surface area contributed by atoms with Crippen molar-refractivity contribution in [2.24, 2.45) is 11.8 Å². The van der Waals surface area contributed by atoms with Crippen LogP contribution in [0.2, 0.25) is 0 Å². The topological polar surface area (TPSA) is 29.1 Å². The fourth-order valence-electron chi connectivity index (χ4n) is 2.39. The van der Waals surface area contributed by atoms with E-state index in [1.54, 1.807) is 0 Å². The summed E-state index contributed by atoms with van der Waals surface area (Å²) in [5.41, 5.74) is 0. The molecule has 0 bridgehead atoms. The Kier molecular flexibility index (Phi) is 1.84. The zero-order valence-electron chi connectivity index (χ0n) is 6.81. The minimum absolute atomic E-state index is 0.266. The summed E-state index contributed by atoms with van der Waals surface area (Å²) >= 11 is 0. The molecule has 0 aromatic carbocycles. The summed E-state index contributed by atoms with van der Waals surface area (Å²) in [6.45, 7) is 0.948. The van der Waals surface area contributed by atoms with Crippen molar-refractivity contribution >= 4 is 5.91 Å². The van der Waals surface area contributed by atoms with Crippen molar-refractivity contribution < 1.29 is 4.79 Å². The first-order valence-corrected chi connectivity index (χ1v) is 4.63. The maximum atomic E-state index is 10.9. The standard InChI is InChI=1S/C9H15NO/c11-9-5-8(6-10-9)7-3-1-2-4-7/h7-8H,1-6H2,(H,10,11). The molecule has 2 fully saturated rings. The van der Waals surface area contributed by atoms with Crippen LogP contribution in [0, 0.1) is 11.8 Å². The Bertz CT molecular complexity index is 161. The zero-order valence-corrected chi connectivity index (χ0v) is 6.81. The van der Waals surface area contributed by atoms with Crippen LogP contribution < -0.4 is 5.32 Å². The molecule has 1 aliphatic carbocycles. The van der Waals surface area contributed by atoms with Gasteiger partial charge in [0.25, 0.3) is 0 Å². The van der Waals surface area contributed by atoms with E-state index in [1.807, 2.05) is 0 Å². The van der Waals surface area contributed by atoms with Gasteiger partial charge in [-0.15, -0.1) is 0 Å². The molecule has 62 valence electrons. The highest BCUT2D eigenvalue weighted by molar-refractivity contribution is 5.78. The smallest absolute Gasteiger partial charge is 0.220 e. The van der Waals surface area contributed by atoms with Crippen molar-refractivity contribution in [3.63, 3.8) is 0 Å². The highest BCUT2D eigenvalue weighted by Gasteiger charge is 2.30. The van der Waals surface area contributed by atoms with Gasteiger partial charge in [0.2, 0.25) is 5.91 Å². The normalized spacial score (nSPS) is 32.7. The Hall–Kier alpha value is -0.530. The van der Waals surface area contributed by atoms with Gasteiger partial charge in [0, 0.05) is 13.0 Å². The van der Waals surface area contributed by atoms with E-state index in [0.29, 0.717) is 5.92 Å². The Labute approximate surface area is 67.4 Å². The molecule has 1 aliphatic heterocycles. The summed E-state index contributed by atoms with van der Waals surface area (Å²) in [5, 5.41) is 2.91. The van der Waals surface area contributed by atoms with Crippen LogP contribution >= 0.6 is 0 Å². The van der Waals surface area contributed by atoms with Crippen molar-refractivity contribution in [2.75, 3.05) is 6.54 Å². The van der Waals surface area contributed by atoms with Crippen molar-refractivity contribution in [3.8, 4) is 0 Å². The number of carbonyl (C=O) groups is 1. The molecule has 1 heterocycles. The molecule has 0 spiro atoms. The molecule has 1 amide bonds. The summed E-state index contributed by atoms with van der Waals surface area (Å²) in [7, 11) is 0. The largest absolute Gasteiger partial charge is 0.356 e. The Balaban J connectivity index is 1.90. The number of nitrogens with one attached hydrogen (secondary N) is 1. The van der Waals surface area contributed by atoms with Gasteiger partial charge in [-0.25, -0.2) is 0 Å². The predicted octanol–water partition coefficient (Wildman–Crippen LogP) is 1.31. The van der Waals surface area contributed by atoms with Gasteiger partial charge in [-0.05, 0) is 11.8 Å². The van der Waals surface area contributed by atoms with Gasteiger partial charge in [-0.2, -0.15) is 0 Å². The van der Waals surface area contributed by atoms with E-state index < -0.39 is 0 Å². The fourth-order valence-corrected chi connectivity index (χ4v) is 2.39. The van der Waals surface area contributed by atoms with E-state index in [9.17, 15) is 4.79 Å². The molecule has 0 aromatic heterocycles. The van der Waals surface area contributed by atoms with Crippen LogP contribution in [0.25, 0.3) is 0 Å². The van der Waals surface area contributed by atoms with Gasteiger partial charge in [0.1, 0.15) is 0 Å². The zero-order chi connectivity index (χ0) is 7.68. The second-order valence-electron chi connectivity index (χ2n) is 3.81. The lowest BCUT2D eigenvalue weighted by atomic mass is 9.90. The van der Waals surface area contributed by atoms with E-state index in [1.165, 1.54) is 25.7 Å². The summed E-state index contributed by atoms with van der Waals surface area (Å²) in [6.07, 6.45) is 6.29. The molecule has 1 N–H and O–H groups in total. The molecule has 1 unspecified atom stereocenters. The van der Waals surface area contributed by atoms with Crippen LogP contribution in [0.5, 0.6) is 0 Å². The third-order valence-electron chi connectivity index (χ3n) is 3.08. The quantitative estimate of drug-likeness (QED) is 0.604.